The average molecular weight is 357 g/mol. The summed E-state index contributed by atoms with van der Waals surface area (Å²) in [5, 5.41) is 5.13. The Morgan fingerprint density at radius 1 is 1.40 bits per heavy atom. The largest absolute Gasteiger partial charge is 0.377 e. The molecule has 20 heavy (non-hydrogen) atoms. The first-order valence-electron chi connectivity index (χ1n) is 6.11. The molecule has 2 heterocycles. The van der Waals surface area contributed by atoms with Crippen LogP contribution in [0.3, 0.4) is 0 Å². The third-order valence-electron chi connectivity index (χ3n) is 2.69. The second-order valence-electron chi connectivity index (χ2n) is 4.30. The number of rotatable bonds is 6. The fourth-order valence-electron chi connectivity index (χ4n) is 1.75. The highest BCUT2D eigenvalue weighted by Gasteiger charge is 2.09. The lowest BCUT2D eigenvalue weighted by molar-refractivity contribution is 0.178. The normalized spacial score (nSPS) is 10.6. The van der Waals surface area contributed by atoms with Crippen LogP contribution in [0.1, 0.15) is 10.7 Å². The number of ether oxygens (including phenoxy) is 1. The van der Waals surface area contributed by atoms with Crippen molar-refractivity contribution < 1.29 is 4.74 Å². The van der Waals surface area contributed by atoms with Crippen LogP contribution in [0.4, 0.5) is 11.6 Å². The molecule has 0 saturated heterocycles. The summed E-state index contributed by atoms with van der Waals surface area (Å²) in [6, 6.07) is 4.05. The van der Waals surface area contributed by atoms with Gasteiger partial charge in [0.25, 0.3) is 0 Å². The van der Waals surface area contributed by atoms with Gasteiger partial charge in [-0.05, 0) is 22.0 Å². The molecule has 7 heteroatoms. The molecule has 108 valence electrons. The van der Waals surface area contributed by atoms with E-state index < -0.39 is 0 Å². The first-order chi connectivity index (χ1) is 9.62. The van der Waals surface area contributed by atoms with Crippen LogP contribution in [0.15, 0.2) is 22.0 Å². The number of methoxy groups -OCH3 is 1. The quantitative estimate of drug-likeness (QED) is 0.861. The van der Waals surface area contributed by atoms with E-state index in [0.29, 0.717) is 12.4 Å². The number of hydrogen-bond donors (Lipinski definition) is 1. The summed E-state index contributed by atoms with van der Waals surface area (Å²) in [6.45, 7) is 1.21. The number of aromatic nitrogens is 2. The van der Waals surface area contributed by atoms with E-state index in [9.17, 15) is 0 Å². The van der Waals surface area contributed by atoms with Crippen molar-refractivity contribution in [3.8, 4) is 0 Å². The molecule has 0 aliphatic rings. The van der Waals surface area contributed by atoms with Crippen molar-refractivity contribution >= 4 is 38.9 Å². The summed E-state index contributed by atoms with van der Waals surface area (Å²) in [5.74, 6) is 2.34. The summed E-state index contributed by atoms with van der Waals surface area (Å²) in [4.78, 5) is 12.2. The maximum absolute atomic E-state index is 5.11. The predicted octanol–water partition coefficient (Wildman–Crippen LogP) is 3.13. The second-order valence-corrected chi connectivity index (χ2v) is 6.21. The summed E-state index contributed by atoms with van der Waals surface area (Å²) < 4.78 is 6.22. The average Bonchev–Trinajstić information content (AvgIpc) is 2.84. The smallest absolute Gasteiger partial charge is 0.158 e. The Hall–Kier alpha value is -1.18. The Kier molecular flexibility index (Phi) is 5.33. The van der Waals surface area contributed by atoms with Gasteiger partial charge in [-0.1, -0.05) is 0 Å². The molecular weight excluding hydrogens is 340 g/mol. The minimum Gasteiger partial charge on any atom is -0.377 e. The van der Waals surface area contributed by atoms with Crippen LogP contribution in [0.25, 0.3) is 0 Å². The van der Waals surface area contributed by atoms with Gasteiger partial charge in [-0.3, -0.25) is 0 Å². The molecule has 0 atom stereocenters. The standard InChI is InChI=1S/C13H17BrN4OS/c1-15-11-5-13(17-12(16-11)7-19-3)18(2)6-10-4-9(14)8-20-10/h4-5,8H,6-7H2,1-3H3,(H,15,16,17). The summed E-state index contributed by atoms with van der Waals surface area (Å²) in [5.41, 5.74) is 0. The number of anilines is 2. The molecule has 0 spiro atoms. The fourth-order valence-corrected chi connectivity index (χ4v) is 3.26. The lowest BCUT2D eigenvalue weighted by atomic mass is 10.4. The zero-order valence-corrected chi connectivity index (χ0v) is 14.1. The zero-order chi connectivity index (χ0) is 14.5. The number of halogens is 1. The van der Waals surface area contributed by atoms with Crippen LogP contribution in [0, 0.1) is 0 Å². The highest BCUT2D eigenvalue weighted by molar-refractivity contribution is 9.10. The molecule has 0 bridgehead atoms. The molecule has 0 amide bonds. The van der Waals surface area contributed by atoms with Gasteiger partial charge >= 0.3 is 0 Å². The van der Waals surface area contributed by atoms with Crippen molar-refractivity contribution in [2.45, 2.75) is 13.2 Å². The van der Waals surface area contributed by atoms with Gasteiger partial charge in [-0.25, -0.2) is 9.97 Å². The van der Waals surface area contributed by atoms with Crippen molar-refractivity contribution in [2.24, 2.45) is 0 Å². The molecule has 0 fully saturated rings. The van der Waals surface area contributed by atoms with Gasteiger partial charge in [0, 0.05) is 42.0 Å². The first kappa shape index (κ1) is 15.2. The van der Waals surface area contributed by atoms with Gasteiger partial charge in [0.2, 0.25) is 0 Å². The monoisotopic (exact) mass is 356 g/mol. The van der Waals surface area contributed by atoms with E-state index in [1.807, 2.05) is 20.2 Å². The van der Waals surface area contributed by atoms with Crippen LogP contribution in [-0.2, 0) is 17.9 Å². The number of nitrogens with zero attached hydrogens (tertiary/aromatic N) is 3. The van der Waals surface area contributed by atoms with Crippen LogP contribution >= 0.6 is 27.3 Å². The van der Waals surface area contributed by atoms with Crippen molar-refractivity contribution in [2.75, 3.05) is 31.4 Å². The SMILES string of the molecule is CNc1cc(N(C)Cc2cc(Br)cs2)nc(COC)n1. The van der Waals surface area contributed by atoms with E-state index in [-0.39, 0.29) is 0 Å². The predicted molar refractivity (Wildman–Crippen MR) is 86.4 cm³/mol. The Labute approximate surface area is 131 Å². The Balaban J connectivity index is 2.19. The number of thiophene rings is 1. The van der Waals surface area contributed by atoms with E-state index in [2.05, 4.69) is 47.6 Å². The Morgan fingerprint density at radius 3 is 2.80 bits per heavy atom. The third-order valence-corrected chi connectivity index (χ3v) is 4.38. The van der Waals surface area contributed by atoms with Gasteiger partial charge in [0.05, 0.1) is 6.54 Å². The molecule has 1 N–H and O–H groups in total. The van der Waals surface area contributed by atoms with E-state index in [1.165, 1.54) is 4.88 Å². The zero-order valence-electron chi connectivity index (χ0n) is 11.7. The molecule has 2 rings (SSSR count). The number of nitrogens with one attached hydrogen (secondary N) is 1. The maximum atomic E-state index is 5.11. The topological polar surface area (TPSA) is 50.3 Å². The maximum Gasteiger partial charge on any atom is 0.158 e. The third kappa shape index (κ3) is 3.91. The molecule has 2 aromatic rings. The van der Waals surface area contributed by atoms with Crippen LogP contribution in [-0.4, -0.2) is 31.2 Å². The molecule has 5 nitrogen and oxygen atoms in total. The van der Waals surface area contributed by atoms with Crippen molar-refractivity contribution in [3.05, 3.63) is 32.7 Å². The summed E-state index contributed by atoms with van der Waals surface area (Å²) in [7, 11) is 5.51. The highest BCUT2D eigenvalue weighted by Crippen LogP contribution is 2.23. The lowest BCUT2D eigenvalue weighted by Gasteiger charge is -2.18. The minimum atomic E-state index is 0.404. The number of hydrogen-bond acceptors (Lipinski definition) is 6. The highest BCUT2D eigenvalue weighted by atomic mass is 79.9. The van der Waals surface area contributed by atoms with E-state index >= 15 is 0 Å². The second kappa shape index (κ2) is 7.01. The van der Waals surface area contributed by atoms with Gasteiger partial charge in [-0.2, -0.15) is 0 Å². The van der Waals surface area contributed by atoms with E-state index in [1.54, 1.807) is 18.4 Å². The molecule has 0 radical (unpaired) electrons. The molecule has 0 aliphatic carbocycles. The Bertz CT molecular complexity index is 575. The molecule has 2 aromatic heterocycles. The fraction of sp³-hybridized carbons (Fsp3) is 0.385. The first-order valence-corrected chi connectivity index (χ1v) is 7.78. The molecule has 0 saturated carbocycles. The van der Waals surface area contributed by atoms with E-state index in [0.717, 1.165) is 22.7 Å². The van der Waals surface area contributed by atoms with Crippen molar-refractivity contribution in [1.29, 1.82) is 0 Å². The molecule has 0 unspecified atom stereocenters. The van der Waals surface area contributed by atoms with Gasteiger partial charge in [-0.15, -0.1) is 11.3 Å². The van der Waals surface area contributed by atoms with Gasteiger partial charge < -0.3 is 15.0 Å². The minimum absolute atomic E-state index is 0.404. The van der Waals surface area contributed by atoms with E-state index in [4.69, 9.17) is 4.74 Å². The summed E-state index contributed by atoms with van der Waals surface area (Å²) in [6.07, 6.45) is 0. The molecular formula is C13H17BrN4OS. The lowest BCUT2D eigenvalue weighted by Crippen LogP contribution is -2.18. The summed E-state index contributed by atoms with van der Waals surface area (Å²) >= 11 is 5.20. The van der Waals surface area contributed by atoms with Gasteiger partial charge in [0.1, 0.15) is 18.2 Å². The van der Waals surface area contributed by atoms with Crippen molar-refractivity contribution in [3.63, 3.8) is 0 Å². The Morgan fingerprint density at radius 2 is 2.20 bits per heavy atom. The molecule has 0 aromatic carbocycles. The van der Waals surface area contributed by atoms with Crippen molar-refractivity contribution in [1.82, 2.24) is 9.97 Å². The van der Waals surface area contributed by atoms with Gasteiger partial charge in [0.15, 0.2) is 5.82 Å². The van der Waals surface area contributed by atoms with Crippen LogP contribution < -0.4 is 10.2 Å². The van der Waals surface area contributed by atoms with Crippen LogP contribution in [0.2, 0.25) is 0 Å². The van der Waals surface area contributed by atoms with Crippen LogP contribution in [0.5, 0.6) is 0 Å². The molecule has 0 aliphatic heterocycles.